The van der Waals surface area contributed by atoms with Crippen LogP contribution >= 0.6 is 0 Å². The average molecular weight is 653 g/mol. The molecule has 0 heterocycles. The second-order valence-electron chi connectivity index (χ2n) is 14.0. The summed E-state index contributed by atoms with van der Waals surface area (Å²) in [7, 11) is 0. The van der Waals surface area contributed by atoms with Gasteiger partial charge in [-0.25, -0.2) is 0 Å². The molecule has 2 N–H and O–H groups in total. The number of carbonyl (C=O) groups excluding carboxylic acids is 2. The molecule has 0 saturated heterocycles. The molecule has 0 aliphatic carbocycles. The third-order valence-electron chi connectivity index (χ3n) is 9.64. The number of esters is 1. The fourth-order valence-electron chi connectivity index (χ4n) is 6.73. The van der Waals surface area contributed by atoms with E-state index in [2.05, 4.69) is 37.9 Å². The Bertz CT molecular complexity index is 643. The van der Waals surface area contributed by atoms with Gasteiger partial charge in [0.15, 0.2) is 0 Å². The van der Waals surface area contributed by atoms with Gasteiger partial charge in [0.25, 0.3) is 0 Å². The summed E-state index contributed by atoms with van der Waals surface area (Å²) in [5.74, 6) is 1.67. The van der Waals surface area contributed by atoms with Crippen molar-refractivity contribution in [1.82, 2.24) is 10.2 Å². The van der Waals surface area contributed by atoms with E-state index in [1.165, 1.54) is 96.3 Å². The summed E-state index contributed by atoms with van der Waals surface area (Å²) in [6, 6.07) is 0. The molecule has 6 heteroatoms. The predicted octanol–water partition coefficient (Wildman–Crippen LogP) is 10.4. The van der Waals surface area contributed by atoms with Crippen LogP contribution in [0.2, 0.25) is 0 Å². The highest BCUT2D eigenvalue weighted by Crippen LogP contribution is 2.21. The van der Waals surface area contributed by atoms with Crippen LogP contribution in [0, 0.1) is 11.8 Å². The summed E-state index contributed by atoms with van der Waals surface area (Å²) in [6.07, 6.45) is 29.8. The monoisotopic (exact) mass is 653 g/mol. The molecule has 0 saturated carbocycles. The van der Waals surface area contributed by atoms with Crippen molar-refractivity contribution in [1.29, 1.82) is 0 Å². The van der Waals surface area contributed by atoms with Crippen LogP contribution in [0.3, 0.4) is 0 Å². The highest BCUT2D eigenvalue weighted by Gasteiger charge is 2.11. The van der Waals surface area contributed by atoms with Crippen molar-refractivity contribution in [3.63, 3.8) is 0 Å². The molecule has 0 aromatic carbocycles. The van der Waals surface area contributed by atoms with Crippen molar-refractivity contribution in [2.75, 3.05) is 39.4 Å². The predicted molar refractivity (Wildman–Crippen MR) is 197 cm³/mol. The zero-order valence-corrected chi connectivity index (χ0v) is 31.4. The standard InChI is InChI=1S/C40H80N2O4/c1-5-9-17-25-38(26-18-10-6-2)30-36-46-40(45)28-20-14-12-16-22-33-42(34-35-43)32-21-15-11-13-19-27-39(44)41-31-29-37(23-7-3)24-8-4/h37-38,43H,5-36H2,1-4H3,(H,41,44). The van der Waals surface area contributed by atoms with E-state index in [-0.39, 0.29) is 18.5 Å². The molecule has 0 aliphatic heterocycles. The summed E-state index contributed by atoms with van der Waals surface area (Å²) in [5.41, 5.74) is 0. The molecule has 0 fully saturated rings. The van der Waals surface area contributed by atoms with Gasteiger partial charge < -0.3 is 20.1 Å². The smallest absolute Gasteiger partial charge is 0.305 e. The van der Waals surface area contributed by atoms with Crippen LogP contribution in [0.4, 0.5) is 0 Å². The van der Waals surface area contributed by atoms with Crippen molar-refractivity contribution in [3.05, 3.63) is 0 Å². The number of unbranched alkanes of at least 4 members (excludes halogenated alkanes) is 12. The van der Waals surface area contributed by atoms with Gasteiger partial charge in [0.05, 0.1) is 13.2 Å². The van der Waals surface area contributed by atoms with Crippen LogP contribution in [-0.4, -0.2) is 61.3 Å². The summed E-state index contributed by atoms with van der Waals surface area (Å²) in [5, 5.41) is 12.6. The Kier molecular flexibility index (Phi) is 34.3. The normalized spacial score (nSPS) is 11.7. The molecule has 6 nitrogen and oxygen atoms in total. The van der Waals surface area contributed by atoms with E-state index in [4.69, 9.17) is 4.74 Å². The lowest BCUT2D eigenvalue weighted by atomic mass is 9.92. The van der Waals surface area contributed by atoms with Crippen molar-refractivity contribution >= 4 is 11.9 Å². The maximum absolute atomic E-state index is 12.2. The maximum Gasteiger partial charge on any atom is 0.305 e. The molecule has 0 aromatic heterocycles. The summed E-state index contributed by atoms with van der Waals surface area (Å²) < 4.78 is 5.60. The van der Waals surface area contributed by atoms with Crippen LogP contribution in [0.15, 0.2) is 0 Å². The minimum absolute atomic E-state index is 0.0171. The molecular weight excluding hydrogens is 572 g/mol. The lowest BCUT2D eigenvalue weighted by molar-refractivity contribution is -0.144. The number of nitrogens with zero attached hydrogens (tertiary/aromatic N) is 1. The van der Waals surface area contributed by atoms with Gasteiger partial charge in [-0.15, -0.1) is 0 Å². The quantitative estimate of drug-likeness (QED) is 0.0520. The van der Waals surface area contributed by atoms with Gasteiger partial charge in [-0.05, 0) is 63.5 Å². The first-order valence-electron chi connectivity index (χ1n) is 20.3. The second kappa shape index (κ2) is 35.2. The highest BCUT2D eigenvalue weighted by molar-refractivity contribution is 5.75. The topological polar surface area (TPSA) is 78.9 Å². The molecule has 0 aromatic rings. The Morgan fingerprint density at radius 2 is 1.09 bits per heavy atom. The number of aliphatic hydroxyl groups excluding tert-OH is 1. The molecule has 0 spiro atoms. The minimum atomic E-state index is -0.0171. The number of amides is 1. The average Bonchev–Trinajstić information content (AvgIpc) is 3.04. The van der Waals surface area contributed by atoms with Gasteiger partial charge in [-0.3, -0.25) is 9.59 Å². The number of ether oxygens (including phenoxy) is 1. The number of nitrogens with one attached hydrogen (secondary N) is 1. The Hall–Kier alpha value is -1.14. The Morgan fingerprint density at radius 3 is 1.63 bits per heavy atom. The van der Waals surface area contributed by atoms with Crippen LogP contribution < -0.4 is 5.32 Å². The Balaban J connectivity index is 3.82. The molecule has 274 valence electrons. The van der Waals surface area contributed by atoms with E-state index in [9.17, 15) is 14.7 Å². The fourth-order valence-corrected chi connectivity index (χ4v) is 6.73. The van der Waals surface area contributed by atoms with Crippen molar-refractivity contribution < 1.29 is 19.4 Å². The second-order valence-corrected chi connectivity index (χ2v) is 14.0. The first kappa shape index (κ1) is 44.9. The summed E-state index contributed by atoms with van der Waals surface area (Å²) in [4.78, 5) is 26.8. The van der Waals surface area contributed by atoms with E-state index in [0.717, 1.165) is 89.9 Å². The van der Waals surface area contributed by atoms with E-state index in [0.29, 0.717) is 25.4 Å². The summed E-state index contributed by atoms with van der Waals surface area (Å²) in [6.45, 7) is 13.5. The van der Waals surface area contributed by atoms with E-state index in [1.807, 2.05) is 0 Å². The number of hydrogen-bond acceptors (Lipinski definition) is 5. The molecule has 0 rings (SSSR count). The van der Waals surface area contributed by atoms with Crippen molar-refractivity contribution in [3.8, 4) is 0 Å². The van der Waals surface area contributed by atoms with E-state index in [1.54, 1.807) is 0 Å². The third kappa shape index (κ3) is 30.2. The van der Waals surface area contributed by atoms with Crippen LogP contribution in [0.1, 0.15) is 195 Å². The molecular formula is C40H80N2O4. The van der Waals surface area contributed by atoms with Gasteiger partial charge in [-0.1, -0.05) is 143 Å². The minimum Gasteiger partial charge on any atom is -0.466 e. The van der Waals surface area contributed by atoms with E-state index >= 15 is 0 Å². The fraction of sp³-hybridized carbons (Fsp3) is 0.950. The molecule has 0 atom stereocenters. The lowest BCUT2D eigenvalue weighted by Gasteiger charge is -2.21. The molecule has 0 unspecified atom stereocenters. The van der Waals surface area contributed by atoms with Crippen LogP contribution in [-0.2, 0) is 14.3 Å². The molecule has 46 heavy (non-hydrogen) atoms. The SMILES string of the molecule is CCCCCC(CCCCC)CCOC(=O)CCCCCCCN(CCO)CCCCCCCC(=O)NCCC(CCC)CCC. The van der Waals surface area contributed by atoms with Gasteiger partial charge >= 0.3 is 5.97 Å². The van der Waals surface area contributed by atoms with E-state index < -0.39 is 0 Å². The Morgan fingerprint density at radius 1 is 0.565 bits per heavy atom. The molecule has 0 aliphatic rings. The zero-order valence-electron chi connectivity index (χ0n) is 31.4. The van der Waals surface area contributed by atoms with Crippen molar-refractivity contribution in [2.45, 2.75) is 195 Å². The number of hydrogen-bond donors (Lipinski definition) is 2. The lowest BCUT2D eigenvalue weighted by Crippen LogP contribution is -2.29. The van der Waals surface area contributed by atoms with Crippen molar-refractivity contribution in [2.24, 2.45) is 11.8 Å². The number of rotatable bonds is 36. The molecule has 0 radical (unpaired) electrons. The molecule has 1 amide bonds. The van der Waals surface area contributed by atoms with Gasteiger partial charge in [0.2, 0.25) is 5.91 Å². The largest absolute Gasteiger partial charge is 0.466 e. The first-order chi connectivity index (χ1) is 22.5. The third-order valence-corrected chi connectivity index (χ3v) is 9.64. The first-order valence-corrected chi connectivity index (χ1v) is 20.3. The van der Waals surface area contributed by atoms with Gasteiger partial charge in [-0.2, -0.15) is 0 Å². The van der Waals surface area contributed by atoms with Gasteiger partial charge in [0, 0.05) is 25.9 Å². The van der Waals surface area contributed by atoms with Crippen LogP contribution in [0.5, 0.6) is 0 Å². The van der Waals surface area contributed by atoms with Gasteiger partial charge in [0.1, 0.15) is 0 Å². The molecule has 0 bridgehead atoms. The number of carbonyl (C=O) groups is 2. The van der Waals surface area contributed by atoms with Crippen LogP contribution in [0.25, 0.3) is 0 Å². The zero-order chi connectivity index (χ0) is 33.9. The Labute approximate surface area is 287 Å². The highest BCUT2D eigenvalue weighted by atomic mass is 16.5. The number of aliphatic hydroxyl groups is 1. The summed E-state index contributed by atoms with van der Waals surface area (Å²) >= 11 is 0. The maximum atomic E-state index is 12.2.